The molecule has 2 heterocycles. The van der Waals surface area contributed by atoms with Crippen molar-refractivity contribution in [1.29, 1.82) is 0 Å². The fourth-order valence-electron chi connectivity index (χ4n) is 2.56. The van der Waals surface area contributed by atoms with Crippen LogP contribution in [0.15, 0.2) is 23.5 Å². The number of likely N-dealkylation sites (N-methyl/N-ethyl adjacent to an activating group) is 2. The summed E-state index contributed by atoms with van der Waals surface area (Å²) in [4.78, 5) is 28.4. The van der Waals surface area contributed by atoms with Gasteiger partial charge in [0, 0.05) is 32.9 Å². The Balaban J connectivity index is 2.18. The maximum absolute atomic E-state index is 11.9. The number of likely N-dealkylation sites (tertiary alicyclic amines) is 1. The van der Waals surface area contributed by atoms with E-state index in [-0.39, 0.29) is 11.9 Å². The van der Waals surface area contributed by atoms with Gasteiger partial charge in [-0.05, 0) is 31.4 Å². The molecule has 0 aromatic rings. The average molecular weight is 263 g/mol. The average Bonchev–Trinajstić information content (AvgIpc) is 2.90. The molecule has 0 N–H and O–H groups in total. The van der Waals surface area contributed by atoms with Gasteiger partial charge >= 0.3 is 6.03 Å². The minimum atomic E-state index is -0.272. The molecule has 0 saturated carbocycles. The second-order valence-electron chi connectivity index (χ2n) is 5.01. The molecular weight excluding hydrogens is 242 g/mol. The lowest BCUT2D eigenvalue weighted by atomic mass is 10.2. The molecule has 0 aromatic heterocycles. The van der Waals surface area contributed by atoms with Crippen LogP contribution >= 0.6 is 0 Å². The standard InChI is InChI=1S/C14H21N3O2/c1-4-9-17-10-5-6-11(17)7-8-12-13(18)16(3)14(19)15(12)2/h7-8H,4-6,9-10H2,1-3H3/b11-7+,12-8+. The summed E-state index contributed by atoms with van der Waals surface area (Å²) >= 11 is 0. The maximum Gasteiger partial charge on any atom is 0.331 e. The lowest BCUT2D eigenvalue weighted by molar-refractivity contribution is -0.122. The summed E-state index contributed by atoms with van der Waals surface area (Å²) in [5.41, 5.74) is 1.71. The first-order valence-corrected chi connectivity index (χ1v) is 6.77. The van der Waals surface area contributed by atoms with Crippen molar-refractivity contribution in [2.75, 3.05) is 27.2 Å². The molecular formula is C14H21N3O2. The SMILES string of the molecule is CCCN1CCC/C1=C\C=C1/C(=O)N(C)C(=O)N1C. The van der Waals surface area contributed by atoms with Gasteiger partial charge in [-0.1, -0.05) is 6.92 Å². The molecule has 19 heavy (non-hydrogen) atoms. The molecule has 3 amide bonds. The van der Waals surface area contributed by atoms with Gasteiger partial charge in [0.1, 0.15) is 5.70 Å². The molecule has 2 aliphatic rings. The van der Waals surface area contributed by atoms with Gasteiger partial charge in [-0.3, -0.25) is 14.6 Å². The van der Waals surface area contributed by atoms with Crippen LogP contribution in [0.5, 0.6) is 0 Å². The Morgan fingerprint density at radius 1 is 1.16 bits per heavy atom. The summed E-state index contributed by atoms with van der Waals surface area (Å²) < 4.78 is 0. The number of carbonyl (C=O) groups excluding carboxylic acids is 2. The summed E-state index contributed by atoms with van der Waals surface area (Å²) in [6, 6.07) is -0.272. The van der Waals surface area contributed by atoms with Crippen LogP contribution in [0.1, 0.15) is 26.2 Å². The van der Waals surface area contributed by atoms with Crippen molar-refractivity contribution in [3.8, 4) is 0 Å². The number of hydrogen-bond acceptors (Lipinski definition) is 3. The zero-order chi connectivity index (χ0) is 14.0. The Hall–Kier alpha value is -1.78. The van der Waals surface area contributed by atoms with E-state index in [4.69, 9.17) is 0 Å². The van der Waals surface area contributed by atoms with E-state index in [0.717, 1.165) is 37.3 Å². The lowest BCUT2D eigenvalue weighted by Gasteiger charge is -2.18. The fraction of sp³-hybridized carbons (Fsp3) is 0.571. The van der Waals surface area contributed by atoms with Crippen LogP contribution in [0.3, 0.4) is 0 Å². The normalized spacial score (nSPS) is 24.5. The summed E-state index contributed by atoms with van der Waals surface area (Å²) in [5, 5.41) is 0. The van der Waals surface area contributed by atoms with Crippen molar-refractivity contribution in [3.05, 3.63) is 23.5 Å². The van der Waals surface area contributed by atoms with E-state index in [9.17, 15) is 9.59 Å². The molecule has 0 spiro atoms. The molecule has 0 bridgehead atoms. The number of hydrogen-bond donors (Lipinski definition) is 0. The first-order valence-electron chi connectivity index (χ1n) is 6.77. The molecule has 0 radical (unpaired) electrons. The van der Waals surface area contributed by atoms with Gasteiger partial charge in [0.15, 0.2) is 0 Å². The molecule has 2 rings (SSSR count). The van der Waals surface area contributed by atoms with Crippen molar-refractivity contribution in [3.63, 3.8) is 0 Å². The fourth-order valence-corrected chi connectivity index (χ4v) is 2.56. The first kappa shape index (κ1) is 13.6. The predicted octanol–water partition coefficient (Wildman–Crippen LogP) is 1.78. The van der Waals surface area contributed by atoms with Crippen molar-refractivity contribution in [2.24, 2.45) is 0 Å². The van der Waals surface area contributed by atoms with Crippen LogP contribution in [-0.2, 0) is 4.79 Å². The lowest BCUT2D eigenvalue weighted by Crippen LogP contribution is -2.27. The van der Waals surface area contributed by atoms with Gasteiger partial charge in [0.25, 0.3) is 5.91 Å². The third-order valence-electron chi connectivity index (χ3n) is 3.65. The van der Waals surface area contributed by atoms with Gasteiger partial charge < -0.3 is 4.90 Å². The topological polar surface area (TPSA) is 43.9 Å². The quantitative estimate of drug-likeness (QED) is 0.576. The van der Waals surface area contributed by atoms with E-state index in [2.05, 4.69) is 11.8 Å². The highest BCUT2D eigenvalue weighted by molar-refractivity contribution is 6.11. The summed E-state index contributed by atoms with van der Waals surface area (Å²) in [6.45, 7) is 4.30. The third-order valence-corrected chi connectivity index (χ3v) is 3.65. The van der Waals surface area contributed by atoms with Gasteiger partial charge in [-0.2, -0.15) is 0 Å². The second kappa shape index (κ2) is 5.47. The van der Waals surface area contributed by atoms with E-state index < -0.39 is 0 Å². The Morgan fingerprint density at radius 2 is 1.89 bits per heavy atom. The van der Waals surface area contributed by atoms with Crippen LogP contribution in [0.4, 0.5) is 4.79 Å². The predicted molar refractivity (Wildman–Crippen MR) is 73.2 cm³/mol. The van der Waals surface area contributed by atoms with Gasteiger partial charge in [0.2, 0.25) is 0 Å². The minimum absolute atomic E-state index is 0.232. The number of amides is 3. The van der Waals surface area contributed by atoms with Crippen LogP contribution in [0.25, 0.3) is 0 Å². The monoisotopic (exact) mass is 263 g/mol. The van der Waals surface area contributed by atoms with E-state index in [1.165, 1.54) is 17.6 Å². The molecule has 5 heteroatoms. The van der Waals surface area contributed by atoms with Crippen molar-refractivity contribution < 1.29 is 9.59 Å². The molecule has 2 saturated heterocycles. The molecule has 104 valence electrons. The number of allylic oxidation sites excluding steroid dienone is 3. The second-order valence-corrected chi connectivity index (χ2v) is 5.01. The molecule has 2 aliphatic heterocycles. The van der Waals surface area contributed by atoms with E-state index >= 15 is 0 Å². The summed E-state index contributed by atoms with van der Waals surface area (Å²) in [7, 11) is 3.14. The van der Waals surface area contributed by atoms with E-state index in [0.29, 0.717) is 5.70 Å². The van der Waals surface area contributed by atoms with E-state index in [1.54, 1.807) is 13.1 Å². The minimum Gasteiger partial charge on any atom is -0.375 e. The van der Waals surface area contributed by atoms with Crippen LogP contribution in [0.2, 0.25) is 0 Å². The molecule has 0 atom stereocenters. The van der Waals surface area contributed by atoms with Crippen molar-refractivity contribution in [2.45, 2.75) is 26.2 Å². The highest BCUT2D eigenvalue weighted by Gasteiger charge is 2.35. The Labute approximate surface area is 114 Å². The molecule has 0 unspecified atom stereocenters. The zero-order valence-electron chi connectivity index (χ0n) is 11.8. The molecule has 0 aromatic carbocycles. The summed E-state index contributed by atoms with van der Waals surface area (Å²) in [5.74, 6) is -0.232. The van der Waals surface area contributed by atoms with Gasteiger partial charge in [0.05, 0.1) is 0 Å². The van der Waals surface area contributed by atoms with Crippen molar-refractivity contribution in [1.82, 2.24) is 14.7 Å². The largest absolute Gasteiger partial charge is 0.375 e. The first-order chi connectivity index (χ1) is 9.06. The molecule has 2 fully saturated rings. The molecule has 0 aliphatic carbocycles. The van der Waals surface area contributed by atoms with Crippen LogP contribution < -0.4 is 0 Å². The molecule has 5 nitrogen and oxygen atoms in total. The summed E-state index contributed by atoms with van der Waals surface area (Å²) in [6.07, 6.45) is 7.09. The number of rotatable bonds is 3. The third kappa shape index (κ3) is 2.50. The smallest absolute Gasteiger partial charge is 0.331 e. The van der Waals surface area contributed by atoms with Crippen molar-refractivity contribution >= 4 is 11.9 Å². The number of carbonyl (C=O) groups is 2. The number of urea groups is 1. The van der Waals surface area contributed by atoms with E-state index in [1.807, 2.05) is 6.08 Å². The van der Waals surface area contributed by atoms with Gasteiger partial charge in [-0.15, -0.1) is 0 Å². The Bertz CT molecular complexity index is 454. The highest BCUT2D eigenvalue weighted by atomic mass is 16.2. The number of imide groups is 1. The Morgan fingerprint density at radius 3 is 2.47 bits per heavy atom. The van der Waals surface area contributed by atoms with Crippen LogP contribution in [0, 0.1) is 0 Å². The van der Waals surface area contributed by atoms with Crippen LogP contribution in [-0.4, -0.2) is 53.8 Å². The number of nitrogens with zero attached hydrogens (tertiary/aromatic N) is 3. The Kier molecular flexibility index (Phi) is 3.93. The van der Waals surface area contributed by atoms with Gasteiger partial charge in [-0.25, -0.2) is 4.79 Å². The highest BCUT2D eigenvalue weighted by Crippen LogP contribution is 2.23. The maximum atomic E-state index is 11.9. The zero-order valence-corrected chi connectivity index (χ0v) is 11.8.